The lowest BCUT2D eigenvalue weighted by atomic mass is 10.2. The minimum atomic E-state index is -0.848. The van der Waals surface area contributed by atoms with Gasteiger partial charge in [0, 0.05) is 11.6 Å². The molecule has 0 bridgehead atoms. The summed E-state index contributed by atoms with van der Waals surface area (Å²) in [6.45, 7) is 0.477. The quantitative estimate of drug-likeness (QED) is 0.453. The van der Waals surface area contributed by atoms with Gasteiger partial charge in [-0.05, 0) is 19.2 Å². The summed E-state index contributed by atoms with van der Waals surface area (Å²) in [6.07, 6.45) is 0. The molecule has 0 spiro atoms. The van der Waals surface area contributed by atoms with E-state index in [2.05, 4.69) is 17.2 Å². The molecule has 0 aliphatic carbocycles. The van der Waals surface area contributed by atoms with E-state index in [4.69, 9.17) is 0 Å². The molecule has 0 heterocycles. The molecule has 0 radical (unpaired) electrons. The molecule has 0 unspecified atom stereocenters. The number of hydrogen-bond donors (Lipinski definition) is 1. The van der Waals surface area contributed by atoms with Gasteiger partial charge >= 0.3 is 5.69 Å². The van der Waals surface area contributed by atoms with E-state index in [1.54, 1.807) is 7.05 Å². The van der Waals surface area contributed by atoms with Crippen molar-refractivity contribution in [2.45, 2.75) is 0 Å². The Morgan fingerprint density at radius 2 is 2.33 bits per heavy atom. The average Bonchev–Trinajstić information content (AvgIpc) is 2.20. The molecule has 0 amide bonds. The molecule has 0 atom stereocenters. The lowest BCUT2D eigenvalue weighted by Crippen LogP contribution is -2.04. The predicted octanol–water partition coefficient (Wildman–Crippen LogP) is 1.30. The Bertz CT molecular complexity index is 435. The maximum absolute atomic E-state index is 12.9. The largest absolute Gasteiger partial charge is 0.309 e. The number of nitrogens with one attached hydrogen (secondary N) is 1. The summed E-state index contributed by atoms with van der Waals surface area (Å²) < 4.78 is 12.9. The monoisotopic (exact) mass is 208 g/mol. The lowest BCUT2D eigenvalue weighted by Gasteiger charge is -1.94. The van der Waals surface area contributed by atoms with Gasteiger partial charge in [-0.1, -0.05) is 11.8 Å². The van der Waals surface area contributed by atoms with Crippen LogP contribution in [0.5, 0.6) is 0 Å². The fourth-order valence-electron chi connectivity index (χ4n) is 0.965. The molecule has 0 aliphatic heterocycles. The van der Waals surface area contributed by atoms with Crippen molar-refractivity contribution in [3.8, 4) is 11.8 Å². The van der Waals surface area contributed by atoms with Crippen molar-refractivity contribution in [1.82, 2.24) is 5.32 Å². The molecular formula is C10H9FN2O2. The Kier molecular flexibility index (Phi) is 3.77. The van der Waals surface area contributed by atoms with Crippen molar-refractivity contribution in [2.24, 2.45) is 0 Å². The van der Waals surface area contributed by atoms with Crippen molar-refractivity contribution in [3.63, 3.8) is 0 Å². The molecule has 0 saturated carbocycles. The van der Waals surface area contributed by atoms with E-state index in [9.17, 15) is 14.5 Å². The average molecular weight is 208 g/mol. The van der Waals surface area contributed by atoms with Crippen molar-refractivity contribution in [2.75, 3.05) is 13.6 Å². The Balaban J connectivity index is 2.99. The molecule has 4 nitrogen and oxygen atoms in total. The first-order chi connectivity index (χ1) is 7.15. The van der Waals surface area contributed by atoms with E-state index in [0.717, 1.165) is 12.1 Å². The number of nitro benzene ring substituents is 1. The van der Waals surface area contributed by atoms with Crippen molar-refractivity contribution >= 4 is 5.69 Å². The Labute approximate surface area is 86.3 Å². The normalized spacial score (nSPS) is 9.20. The predicted molar refractivity (Wildman–Crippen MR) is 53.9 cm³/mol. The molecule has 1 N–H and O–H groups in total. The van der Waals surface area contributed by atoms with Gasteiger partial charge in [0.2, 0.25) is 5.82 Å². The zero-order valence-electron chi connectivity index (χ0n) is 8.08. The van der Waals surface area contributed by atoms with Gasteiger partial charge in [-0.15, -0.1) is 0 Å². The molecule has 5 heteroatoms. The molecule has 15 heavy (non-hydrogen) atoms. The van der Waals surface area contributed by atoms with Crippen molar-refractivity contribution in [1.29, 1.82) is 0 Å². The minimum Gasteiger partial charge on any atom is -0.309 e. The first kappa shape index (κ1) is 11.1. The highest BCUT2D eigenvalue weighted by atomic mass is 19.1. The molecular weight excluding hydrogens is 199 g/mol. The summed E-state index contributed by atoms with van der Waals surface area (Å²) in [5, 5.41) is 13.2. The van der Waals surface area contributed by atoms with Gasteiger partial charge in [0.05, 0.1) is 11.5 Å². The standard InChI is InChI=1S/C10H9FN2O2/c1-12-6-2-3-8-4-5-9(11)10(7-8)13(14)15/h4-5,7,12H,6H2,1H3. The van der Waals surface area contributed by atoms with Crippen molar-refractivity contribution in [3.05, 3.63) is 39.7 Å². The number of nitro groups is 1. The summed E-state index contributed by atoms with van der Waals surface area (Å²) in [5.41, 5.74) is -0.121. The summed E-state index contributed by atoms with van der Waals surface area (Å²) in [5.74, 6) is 4.57. The van der Waals surface area contributed by atoms with Gasteiger partial charge in [0.1, 0.15) is 0 Å². The second kappa shape index (κ2) is 5.08. The fourth-order valence-corrected chi connectivity index (χ4v) is 0.965. The van der Waals surface area contributed by atoms with E-state index in [0.29, 0.717) is 12.1 Å². The Morgan fingerprint density at radius 1 is 1.60 bits per heavy atom. The zero-order valence-corrected chi connectivity index (χ0v) is 8.08. The molecule has 1 aromatic carbocycles. The van der Waals surface area contributed by atoms with Crippen molar-refractivity contribution < 1.29 is 9.31 Å². The van der Waals surface area contributed by atoms with Crippen LogP contribution in [0, 0.1) is 27.8 Å². The molecule has 0 aliphatic rings. The summed E-state index contributed by atoms with van der Waals surface area (Å²) >= 11 is 0. The van der Waals surface area contributed by atoms with Crippen LogP contribution < -0.4 is 5.32 Å². The van der Waals surface area contributed by atoms with E-state index in [-0.39, 0.29) is 0 Å². The second-order valence-corrected chi connectivity index (χ2v) is 2.76. The van der Waals surface area contributed by atoms with Gasteiger partial charge < -0.3 is 5.32 Å². The van der Waals surface area contributed by atoms with Crippen LogP contribution in [-0.2, 0) is 0 Å². The third kappa shape index (κ3) is 3.04. The molecule has 1 aromatic rings. The van der Waals surface area contributed by atoms with Crippen LogP contribution in [0.4, 0.5) is 10.1 Å². The van der Waals surface area contributed by atoms with Gasteiger partial charge in [-0.2, -0.15) is 4.39 Å². The Morgan fingerprint density at radius 3 is 2.93 bits per heavy atom. The summed E-state index contributed by atoms with van der Waals surface area (Å²) in [7, 11) is 1.74. The molecule has 78 valence electrons. The number of benzene rings is 1. The van der Waals surface area contributed by atoms with Crippen LogP contribution in [0.25, 0.3) is 0 Å². The van der Waals surface area contributed by atoms with Crippen LogP contribution in [0.3, 0.4) is 0 Å². The molecule has 0 aromatic heterocycles. The maximum atomic E-state index is 12.9. The van der Waals surface area contributed by atoms with Crippen LogP contribution >= 0.6 is 0 Å². The highest BCUT2D eigenvalue weighted by molar-refractivity contribution is 5.44. The molecule has 0 saturated heterocycles. The maximum Gasteiger partial charge on any atom is 0.306 e. The highest BCUT2D eigenvalue weighted by Crippen LogP contribution is 2.17. The minimum absolute atomic E-state index is 0.429. The third-order valence-corrected chi connectivity index (χ3v) is 1.64. The van der Waals surface area contributed by atoms with E-state index < -0.39 is 16.4 Å². The number of halogens is 1. The van der Waals surface area contributed by atoms with Crippen LogP contribution in [-0.4, -0.2) is 18.5 Å². The van der Waals surface area contributed by atoms with Gasteiger partial charge in [-0.25, -0.2) is 0 Å². The summed E-state index contributed by atoms with van der Waals surface area (Å²) in [4.78, 5) is 9.64. The first-order valence-corrected chi connectivity index (χ1v) is 4.22. The number of rotatable bonds is 2. The van der Waals surface area contributed by atoms with Crippen LogP contribution in [0.15, 0.2) is 18.2 Å². The van der Waals surface area contributed by atoms with Crippen LogP contribution in [0.2, 0.25) is 0 Å². The fraction of sp³-hybridized carbons (Fsp3) is 0.200. The number of hydrogen-bond acceptors (Lipinski definition) is 3. The lowest BCUT2D eigenvalue weighted by molar-refractivity contribution is -0.387. The topological polar surface area (TPSA) is 55.2 Å². The molecule has 0 fully saturated rings. The van der Waals surface area contributed by atoms with E-state index >= 15 is 0 Å². The van der Waals surface area contributed by atoms with Gasteiger partial charge in [0.15, 0.2) is 0 Å². The van der Waals surface area contributed by atoms with Gasteiger partial charge in [-0.3, -0.25) is 10.1 Å². The number of nitrogens with zero attached hydrogens (tertiary/aromatic N) is 1. The zero-order chi connectivity index (χ0) is 11.3. The SMILES string of the molecule is CNCC#Cc1ccc(F)c([N+](=O)[O-])c1. The smallest absolute Gasteiger partial charge is 0.306 e. The van der Waals surface area contributed by atoms with E-state index in [1.165, 1.54) is 6.07 Å². The van der Waals surface area contributed by atoms with E-state index in [1.807, 2.05) is 0 Å². The summed E-state index contributed by atoms with van der Waals surface area (Å²) in [6, 6.07) is 3.57. The first-order valence-electron chi connectivity index (χ1n) is 4.22. The second-order valence-electron chi connectivity index (χ2n) is 2.76. The highest BCUT2D eigenvalue weighted by Gasteiger charge is 2.13. The van der Waals surface area contributed by atoms with Crippen LogP contribution in [0.1, 0.15) is 5.56 Å². The Hall–Kier alpha value is -1.93. The van der Waals surface area contributed by atoms with Gasteiger partial charge in [0.25, 0.3) is 0 Å². The molecule has 1 rings (SSSR count). The third-order valence-electron chi connectivity index (χ3n) is 1.64.